The lowest BCUT2D eigenvalue weighted by atomic mass is 10.1. The first-order valence-corrected chi connectivity index (χ1v) is 5.29. The van der Waals surface area contributed by atoms with Gasteiger partial charge in [-0.3, -0.25) is 4.68 Å². The molecule has 0 bridgehead atoms. The molecule has 1 aromatic heterocycles. The van der Waals surface area contributed by atoms with Crippen LogP contribution < -0.4 is 0 Å². The van der Waals surface area contributed by atoms with Gasteiger partial charge in [0.1, 0.15) is 6.10 Å². The zero-order valence-corrected chi connectivity index (χ0v) is 10.2. The Bertz CT molecular complexity index is 278. The van der Waals surface area contributed by atoms with Gasteiger partial charge in [0, 0.05) is 14.2 Å². The lowest BCUT2D eigenvalue weighted by Crippen LogP contribution is -2.22. The van der Waals surface area contributed by atoms with Crippen LogP contribution in [0.15, 0.2) is 10.7 Å². The van der Waals surface area contributed by atoms with Crippen LogP contribution >= 0.6 is 15.9 Å². The molecular weight excluding hydrogens is 248 g/mol. The number of nitrogens with zero attached hydrogens (tertiary/aromatic N) is 2. The van der Waals surface area contributed by atoms with Crippen molar-refractivity contribution in [3.63, 3.8) is 0 Å². The maximum Gasteiger partial charge on any atom is 0.123 e. The third-order valence-corrected chi connectivity index (χ3v) is 2.89. The summed E-state index contributed by atoms with van der Waals surface area (Å²) >= 11 is 3.35. The van der Waals surface area contributed by atoms with Gasteiger partial charge in [-0.1, -0.05) is 6.92 Å². The van der Waals surface area contributed by atoms with Crippen LogP contribution in [-0.4, -0.2) is 28.1 Å². The molecule has 0 saturated heterocycles. The van der Waals surface area contributed by atoms with Crippen molar-refractivity contribution >= 4 is 15.9 Å². The highest BCUT2D eigenvalue weighted by Gasteiger charge is 2.24. The average Bonchev–Trinajstić information content (AvgIpc) is 2.48. The molecule has 0 amide bonds. The lowest BCUT2D eigenvalue weighted by Gasteiger charge is -2.20. The Kier molecular flexibility index (Phi) is 4.10. The molecule has 1 aromatic rings. The van der Waals surface area contributed by atoms with Crippen LogP contribution in [0, 0.1) is 0 Å². The monoisotopic (exact) mass is 262 g/mol. The van der Waals surface area contributed by atoms with E-state index in [4.69, 9.17) is 4.74 Å². The molecular formula is C9H15BrN2O2. The summed E-state index contributed by atoms with van der Waals surface area (Å²) in [5, 5.41) is 14.1. The van der Waals surface area contributed by atoms with Gasteiger partial charge in [-0.05, 0) is 22.4 Å². The van der Waals surface area contributed by atoms with Gasteiger partial charge >= 0.3 is 0 Å². The van der Waals surface area contributed by atoms with E-state index in [1.54, 1.807) is 25.0 Å². The second-order valence-corrected chi connectivity index (χ2v) is 3.98. The number of hydrogen-bond acceptors (Lipinski definition) is 3. The number of hydrogen-bond donors (Lipinski definition) is 1. The Morgan fingerprint density at radius 3 is 2.71 bits per heavy atom. The Labute approximate surface area is 92.0 Å². The molecule has 0 aliphatic rings. The topological polar surface area (TPSA) is 47.3 Å². The molecule has 2 unspecified atom stereocenters. The van der Waals surface area contributed by atoms with Gasteiger partial charge in [-0.15, -0.1) is 0 Å². The van der Waals surface area contributed by atoms with Crippen molar-refractivity contribution < 1.29 is 9.84 Å². The lowest BCUT2D eigenvalue weighted by molar-refractivity contribution is -0.0189. The van der Waals surface area contributed by atoms with Crippen molar-refractivity contribution in [2.24, 2.45) is 7.05 Å². The van der Waals surface area contributed by atoms with Crippen LogP contribution in [0.25, 0.3) is 0 Å². The molecule has 0 radical (unpaired) electrons. The summed E-state index contributed by atoms with van der Waals surface area (Å²) in [5.74, 6) is 0. The predicted molar refractivity (Wildman–Crippen MR) is 57.0 cm³/mol. The summed E-state index contributed by atoms with van der Waals surface area (Å²) in [6, 6.07) is 0. The van der Waals surface area contributed by atoms with Gasteiger partial charge in [0.25, 0.3) is 0 Å². The number of ether oxygens (including phenoxy) is 1. The largest absolute Gasteiger partial charge is 0.384 e. The van der Waals surface area contributed by atoms with E-state index in [0.717, 1.165) is 16.6 Å². The number of aromatic nitrogens is 2. The minimum atomic E-state index is -0.646. The number of aryl methyl sites for hydroxylation is 1. The fourth-order valence-electron chi connectivity index (χ4n) is 1.45. The molecule has 4 nitrogen and oxygen atoms in total. The van der Waals surface area contributed by atoms with Gasteiger partial charge < -0.3 is 9.84 Å². The standard InChI is InChI=1S/C9H15BrN2O2/c1-4-7(14-3)9(13)8-6(10)5-11-12(8)2/h5,7,9,13H,4H2,1-3H3. The van der Waals surface area contributed by atoms with Gasteiger partial charge in [0.05, 0.1) is 22.5 Å². The van der Waals surface area contributed by atoms with Gasteiger partial charge in [-0.2, -0.15) is 5.10 Å². The summed E-state index contributed by atoms with van der Waals surface area (Å²) in [5.41, 5.74) is 0.749. The van der Waals surface area contributed by atoms with Crippen molar-refractivity contribution in [2.75, 3.05) is 7.11 Å². The summed E-state index contributed by atoms with van der Waals surface area (Å²) < 4.78 is 7.64. The van der Waals surface area contributed by atoms with Crippen molar-refractivity contribution in [3.8, 4) is 0 Å². The third kappa shape index (κ3) is 2.16. The molecule has 0 saturated carbocycles. The zero-order chi connectivity index (χ0) is 10.7. The summed E-state index contributed by atoms with van der Waals surface area (Å²) in [6.45, 7) is 1.97. The van der Waals surface area contributed by atoms with Crippen LogP contribution in [0.3, 0.4) is 0 Å². The minimum absolute atomic E-state index is 0.193. The Morgan fingerprint density at radius 1 is 1.71 bits per heavy atom. The van der Waals surface area contributed by atoms with E-state index in [0.29, 0.717) is 0 Å². The normalized spacial score (nSPS) is 15.5. The van der Waals surface area contributed by atoms with E-state index in [2.05, 4.69) is 21.0 Å². The van der Waals surface area contributed by atoms with Gasteiger partial charge in [0.15, 0.2) is 0 Å². The number of halogens is 1. The summed E-state index contributed by atoms with van der Waals surface area (Å²) in [6.07, 6.45) is 1.59. The molecule has 0 aliphatic heterocycles. The Morgan fingerprint density at radius 2 is 2.36 bits per heavy atom. The predicted octanol–water partition coefficient (Wildman–Crippen LogP) is 1.64. The van der Waals surface area contributed by atoms with Crippen molar-refractivity contribution in [3.05, 3.63) is 16.4 Å². The molecule has 1 N–H and O–H groups in total. The fourth-order valence-corrected chi connectivity index (χ4v) is 2.03. The zero-order valence-electron chi connectivity index (χ0n) is 8.57. The van der Waals surface area contributed by atoms with Gasteiger partial charge in [0.2, 0.25) is 0 Å². The highest BCUT2D eigenvalue weighted by Crippen LogP contribution is 2.27. The number of aliphatic hydroxyl groups excluding tert-OH is 1. The smallest absolute Gasteiger partial charge is 0.123 e. The first-order valence-electron chi connectivity index (χ1n) is 4.50. The fraction of sp³-hybridized carbons (Fsp3) is 0.667. The third-order valence-electron chi connectivity index (χ3n) is 2.28. The quantitative estimate of drug-likeness (QED) is 0.898. The minimum Gasteiger partial charge on any atom is -0.384 e. The molecule has 0 aromatic carbocycles. The maximum absolute atomic E-state index is 10.0. The molecule has 0 fully saturated rings. The highest BCUT2D eigenvalue weighted by molar-refractivity contribution is 9.10. The molecule has 14 heavy (non-hydrogen) atoms. The van der Waals surface area contributed by atoms with E-state index >= 15 is 0 Å². The van der Waals surface area contributed by atoms with Gasteiger partial charge in [-0.25, -0.2) is 0 Å². The SMILES string of the molecule is CCC(OC)C(O)c1c(Br)cnn1C. The number of methoxy groups -OCH3 is 1. The van der Waals surface area contributed by atoms with E-state index in [1.165, 1.54) is 0 Å². The van der Waals surface area contributed by atoms with E-state index < -0.39 is 6.10 Å². The second-order valence-electron chi connectivity index (χ2n) is 3.13. The van der Waals surface area contributed by atoms with E-state index in [9.17, 15) is 5.11 Å². The number of aliphatic hydroxyl groups is 1. The van der Waals surface area contributed by atoms with Crippen LogP contribution in [0.4, 0.5) is 0 Å². The maximum atomic E-state index is 10.0. The molecule has 80 valence electrons. The van der Waals surface area contributed by atoms with Crippen molar-refractivity contribution in [2.45, 2.75) is 25.6 Å². The van der Waals surface area contributed by atoms with Crippen LogP contribution in [0.2, 0.25) is 0 Å². The van der Waals surface area contributed by atoms with E-state index in [-0.39, 0.29) is 6.10 Å². The summed E-state index contributed by atoms with van der Waals surface area (Å²) in [7, 11) is 3.40. The molecule has 0 aliphatic carbocycles. The van der Waals surface area contributed by atoms with E-state index in [1.807, 2.05) is 6.92 Å². The van der Waals surface area contributed by atoms with Crippen molar-refractivity contribution in [1.82, 2.24) is 9.78 Å². The molecule has 2 atom stereocenters. The average molecular weight is 263 g/mol. The molecule has 0 spiro atoms. The summed E-state index contributed by atoms with van der Waals surface area (Å²) in [4.78, 5) is 0. The Hall–Kier alpha value is -0.390. The first-order chi connectivity index (χ1) is 6.61. The van der Waals surface area contributed by atoms with Crippen LogP contribution in [0.5, 0.6) is 0 Å². The molecule has 1 heterocycles. The second kappa shape index (κ2) is 4.91. The van der Waals surface area contributed by atoms with Crippen molar-refractivity contribution in [1.29, 1.82) is 0 Å². The molecule has 1 rings (SSSR count). The van der Waals surface area contributed by atoms with Crippen LogP contribution in [-0.2, 0) is 11.8 Å². The highest BCUT2D eigenvalue weighted by atomic mass is 79.9. The first kappa shape index (κ1) is 11.7. The number of rotatable bonds is 4. The molecule has 5 heteroatoms. The van der Waals surface area contributed by atoms with Crippen LogP contribution in [0.1, 0.15) is 25.1 Å². The Balaban J connectivity index is 2.92.